The minimum atomic E-state index is -1.30. The van der Waals surface area contributed by atoms with Crippen molar-refractivity contribution in [3.05, 3.63) is 29.6 Å². The molecule has 0 saturated carbocycles. The summed E-state index contributed by atoms with van der Waals surface area (Å²) < 4.78 is 37.1. The lowest BCUT2D eigenvalue weighted by atomic mass is 10.2. The van der Waals surface area contributed by atoms with Gasteiger partial charge >= 0.3 is 0 Å². The van der Waals surface area contributed by atoms with Gasteiger partial charge in [-0.2, -0.15) is 4.39 Å². The molecule has 4 nitrogen and oxygen atoms in total. The lowest BCUT2D eigenvalue weighted by Gasteiger charge is -2.09. The van der Waals surface area contributed by atoms with Crippen LogP contribution in [0.5, 0.6) is 0 Å². The SMILES string of the molecule is CC(CCNC(=O)c1ccnc(F)c1F)S(C)=O. The van der Waals surface area contributed by atoms with Crippen LogP contribution in [0.4, 0.5) is 8.78 Å². The average molecular weight is 276 g/mol. The summed E-state index contributed by atoms with van der Waals surface area (Å²) in [5.41, 5.74) is -0.382. The normalized spacial score (nSPS) is 14.0. The molecular weight excluding hydrogens is 262 g/mol. The minimum Gasteiger partial charge on any atom is -0.352 e. The number of rotatable bonds is 5. The molecular formula is C11H14F2N2O2S. The van der Waals surface area contributed by atoms with E-state index < -0.39 is 28.5 Å². The van der Waals surface area contributed by atoms with Crippen LogP contribution in [0.2, 0.25) is 0 Å². The Morgan fingerprint density at radius 3 is 2.83 bits per heavy atom. The van der Waals surface area contributed by atoms with Crippen LogP contribution in [0.15, 0.2) is 12.3 Å². The molecule has 100 valence electrons. The molecule has 0 saturated heterocycles. The smallest absolute Gasteiger partial charge is 0.254 e. The van der Waals surface area contributed by atoms with E-state index in [1.54, 1.807) is 13.2 Å². The molecule has 1 heterocycles. The third-order valence-corrected chi connectivity index (χ3v) is 3.86. The molecule has 1 aromatic rings. The summed E-state index contributed by atoms with van der Waals surface area (Å²) in [6, 6.07) is 1.11. The largest absolute Gasteiger partial charge is 0.352 e. The molecule has 1 rings (SSSR count). The molecule has 2 unspecified atom stereocenters. The predicted octanol–water partition coefficient (Wildman–Crippen LogP) is 1.25. The molecule has 0 bridgehead atoms. The van der Waals surface area contributed by atoms with Gasteiger partial charge in [0.25, 0.3) is 5.91 Å². The third-order valence-electron chi connectivity index (χ3n) is 2.49. The van der Waals surface area contributed by atoms with E-state index in [0.29, 0.717) is 6.42 Å². The first-order chi connectivity index (χ1) is 8.43. The van der Waals surface area contributed by atoms with Crippen molar-refractivity contribution in [2.75, 3.05) is 12.8 Å². The van der Waals surface area contributed by atoms with Crippen LogP contribution < -0.4 is 5.32 Å². The number of pyridine rings is 1. The third kappa shape index (κ3) is 3.83. The molecule has 7 heteroatoms. The number of hydrogen-bond donors (Lipinski definition) is 1. The monoisotopic (exact) mass is 276 g/mol. The van der Waals surface area contributed by atoms with Crippen LogP contribution in [0.25, 0.3) is 0 Å². The Bertz CT molecular complexity index is 468. The number of nitrogens with one attached hydrogen (secondary N) is 1. The molecule has 1 aromatic heterocycles. The van der Waals surface area contributed by atoms with Crippen LogP contribution >= 0.6 is 0 Å². The van der Waals surface area contributed by atoms with Crippen LogP contribution in [-0.2, 0) is 10.8 Å². The van der Waals surface area contributed by atoms with Gasteiger partial charge in [0.1, 0.15) is 0 Å². The topological polar surface area (TPSA) is 59.1 Å². The highest BCUT2D eigenvalue weighted by Gasteiger charge is 2.16. The molecule has 0 spiro atoms. The summed E-state index contributed by atoms with van der Waals surface area (Å²) in [6.45, 7) is 2.04. The Morgan fingerprint density at radius 1 is 1.56 bits per heavy atom. The second-order valence-electron chi connectivity index (χ2n) is 3.82. The molecule has 18 heavy (non-hydrogen) atoms. The number of carbonyl (C=O) groups is 1. The molecule has 2 atom stereocenters. The fraction of sp³-hybridized carbons (Fsp3) is 0.455. The van der Waals surface area contributed by atoms with E-state index in [1.165, 1.54) is 0 Å². The van der Waals surface area contributed by atoms with E-state index >= 15 is 0 Å². The molecule has 0 aliphatic carbocycles. The first-order valence-corrected chi connectivity index (χ1v) is 6.96. The maximum atomic E-state index is 13.2. The zero-order chi connectivity index (χ0) is 13.7. The summed E-state index contributed by atoms with van der Waals surface area (Å²) in [7, 11) is -0.973. The Labute approximate surface area is 106 Å². The standard InChI is InChI=1S/C11H14F2N2O2S/c1-7(18(2)17)3-5-15-11(16)8-4-6-14-10(13)9(8)12/h4,6-7H,3,5H2,1-2H3,(H,15,16). The van der Waals surface area contributed by atoms with Crippen LogP contribution in [-0.4, -0.2) is 33.2 Å². The van der Waals surface area contributed by atoms with Gasteiger partial charge in [0, 0.05) is 35.0 Å². The van der Waals surface area contributed by atoms with E-state index in [-0.39, 0.29) is 17.4 Å². The Kier molecular flexibility index (Phi) is 5.33. The van der Waals surface area contributed by atoms with Crippen molar-refractivity contribution in [1.82, 2.24) is 10.3 Å². The molecule has 0 aliphatic heterocycles. The fourth-order valence-electron chi connectivity index (χ4n) is 1.24. The maximum absolute atomic E-state index is 13.2. The van der Waals surface area contributed by atoms with Crippen LogP contribution in [0.3, 0.4) is 0 Å². The van der Waals surface area contributed by atoms with Crippen molar-refractivity contribution in [2.45, 2.75) is 18.6 Å². The van der Waals surface area contributed by atoms with E-state index in [2.05, 4.69) is 10.3 Å². The zero-order valence-electron chi connectivity index (χ0n) is 10.1. The first kappa shape index (κ1) is 14.7. The predicted molar refractivity (Wildman–Crippen MR) is 64.6 cm³/mol. The van der Waals surface area contributed by atoms with Gasteiger partial charge in [-0.25, -0.2) is 9.37 Å². The first-order valence-electron chi connectivity index (χ1n) is 5.34. The molecule has 0 radical (unpaired) electrons. The van der Waals surface area contributed by atoms with Gasteiger partial charge in [0.2, 0.25) is 5.95 Å². The molecule has 1 N–H and O–H groups in total. The molecule has 0 aromatic carbocycles. The average Bonchev–Trinajstić information content (AvgIpc) is 2.32. The van der Waals surface area contributed by atoms with Crippen molar-refractivity contribution in [3.8, 4) is 0 Å². The number of hydrogen-bond acceptors (Lipinski definition) is 3. The number of carbonyl (C=O) groups excluding carboxylic acids is 1. The summed E-state index contributed by atoms with van der Waals surface area (Å²) >= 11 is 0. The summed E-state index contributed by atoms with van der Waals surface area (Å²) in [6.07, 6.45) is 3.10. The van der Waals surface area contributed by atoms with Crippen LogP contribution in [0.1, 0.15) is 23.7 Å². The lowest BCUT2D eigenvalue weighted by Crippen LogP contribution is -2.28. The van der Waals surface area contributed by atoms with E-state index in [1.807, 2.05) is 0 Å². The highest BCUT2D eigenvalue weighted by Crippen LogP contribution is 2.08. The van der Waals surface area contributed by atoms with Gasteiger partial charge in [0.05, 0.1) is 5.56 Å². The van der Waals surface area contributed by atoms with Gasteiger partial charge in [-0.1, -0.05) is 6.92 Å². The number of aromatic nitrogens is 1. The summed E-state index contributed by atoms with van der Waals surface area (Å²) in [5, 5.41) is 2.38. The molecule has 0 aliphatic rings. The van der Waals surface area contributed by atoms with Gasteiger partial charge < -0.3 is 5.32 Å². The quantitative estimate of drug-likeness (QED) is 0.823. The second kappa shape index (κ2) is 6.53. The Hall–Kier alpha value is -1.37. The number of nitrogens with zero attached hydrogens (tertiary/aromatic N) is 1. The number of halogens is 2. The Balaban J connectivity index is 2.56. The molecule has 0 fully saturated rings. The highest BCUT2D eigenvalue weighted by molar-refractivity contribution is 7.84. The highest BCUT2D eigenvalue weighted by atomic mass is 32.2. The van der Waals surface area contributed by atoms with Crippen molar-refractivity contribution >= 4 is 16.7 Å². The Morgan fingerprint density at radius 2 is 2.22 bits per heavy atom. The maximum Gasteiger partial charge on any atom is 0.254 e. The minimum absolute atomic E-state index is 0.0654. The fourth-order valence-corrected chi connectivity index (χ4v) is 1.69. The summed E-state index contributed by atoms with van der Waals surface area (Å²) in [4.78, 5) is 14.6. The van der Waals surface area contributed by atoms with E-state index in [9.17, 15) is 17.8 Å². The second-order valence-corrected chi connectivity index (χ2v) is 5.62. The van der Waals surface area contributed by atoms with Crippen molar-refractivity contribution < 1.29 is 17.8 Å². The van der Waals surface area contributed by atoms with Crippen molar-refractivity contribution in [1.29, 1.82) is 0 Å². The van der Waals surface area contributed by atoms with Gasteiger partial charge in [-0.15, -0.1) is 0 Å². The number of amides is 1. The molecule has 1 amide bonds. The van der Waals surface area contributed by atoms with Crippen molar-refractivity contribution in [2.24, 2.45) is 0 Å². The van der Waals surface area contributed by atoms with Crippen LogP contribution in [0, 0.1) is 11.8 Å². The van der Waals surface area contributed by atoms with Gasteiger partial charge in [-0.05, 0) is 12.5 Å². The van der Waals surface area contributed by atoms with E-state index in [4.69, 9.17) is 0 Å². The lowest BCUT2D eigenvalue weighted by molar-refractivity contribution is 0.0947. The van der Waals surface area contributed by atoms with Gasteiger partial charge in [-0.3, -0.25) is 9.00 Å². The van der Waals surface area contributed by atoms with Gasteiger partial charge in [0.15, 0.2) is 5.82 Å². The zero-order valence-corrected chi connectivity index (χ0v) is 10.9. The van der Waals surface area contributed by atoms with Crippen molar-refractivity contribution in [3.63, 3.8) is 0 Å². The summed E-state index contributed by atoms with van der Waals surface area (Å²) in [5.74, 6) is -3.27. The van der Waals surface area contributed by atoms with E-state index in [0.717, 1.165) is 12.3 Å².